The number of benzene rings is 1. The van der Waals surface area contributed by atoms with Crippen LogP contribution in [0.5, 0.6) is 0 Å². The highest BCUT2D eigenvalue weighted by molar-refractivity contribution is 7.99. The van der Waals surface area contributed by atoms with Gasteiger partial charge in [0.15, 0.2) is 0 Å². The van der Waals surface area contributed by atoms with Gasteiger partial charge in [-0.3, -0.25) is 0 Å². The molecule has 100 valence electrons. The molecule has 3 rings (SSSR count). The number of aromatic nitrogens is 5. The first-order valence-corrected chi connectivity index (χ1v) is 6.79. The molecule has 0 unspecified atom stereocenters. The van der Waals surface area contributed by atoms with Gasteiger partial charge >= 0.3 is 0 Å². The standard InChI is InChI=1S/C13H12N6S/c1-9-7-11(14)12(15-8-9)20-13-16-17-18-19(13)10-5-3-2-4-6-10/h2-8H,14H2,1H3. The van der Waals surface area contributed by atoms with Gasteiger partial charge in [0.05, 0.1) is 11.4 Å². The van der Waals surface area contributed by atoms with Gasteiger partial charge in [-0.2, -0.15) is 4.68 Å². The van der Waals surface area contributed by atoms with Crippen molar-refractivity contribution in [2.75, 3.05) is 5.73 Å². The first-order chi connectivity index (χ1) is 9.74. The molecule has 20 heavy (non-hydrogen) atoms. The van der Waals surface area contributed by atoms with Crippen molar-refractivity contribution in [1.82, 2.24) is 25.2 Å². The minimum atomic E-state index is 0.623. The average Bonchev–Trinajstić information content (AvgIpc) is 2.91. The highest BCUT2D eigenvalue weighted by Crippen LogP contribution is 2.29. The van der Waals surface area contributed by atoms with Gasteiger partial charge in [-0.1, -0.05) is 18.2 Å². The highest BCUT2D eigenvalue weighted by atomic mass is 32.2. The zero-order valence-corrected chi connectivity index (χ0v) is 11.6. The van der Waals surface area contributed by atoms with Crippen LogP contribution in [0.1, 0.15) is 5.56 Å². The molecule has 0 radical (unpaired) electrons. The normalized spacial score (nSPS) is 10.7. The van der Waals surface area contributed by atoms with Crippen LogP contribution in [-0.2, 0) is 0 Å². The van der Waals surface area contributed by atoms with E-state index in [0.29, 0.717) is 15.9 Å². The highest BCUT2D eigenvalue weighted by Gasteiger charge is 2.12. The Morgan fingerprint density at radius 1 is 1.20 bits per heavy atom. The lowest BCUT2D eigenvalue weighted by Gasteiger charge is -2.05. The van der Waals surface area contributed by atoms with Gasteiger partial charge in [-0.05, 0) is 52.9 Å². The van der Waals surface area contributed by atoms with E-state index in [1.165, 1.54) is 11.8 Å². The maximum absolute atomic E-state index is 5.97. The van der Waals surface area contributed by atoms with E-state index in [4.69, 9.17) is 5.73 Å². The summed E-state index contributed by atoms with van der Waals surface area (Å²) in [7, 11) is 0. The third-order valence-electron chi connectivity index (χ3n) is 2.65. The van der Waals surface area contributed by atoms with Gasteiger partial charge in [-0.15, -0.1) is 5.10 Å². The van der Waals surface area contributed by atoms with Crippen LogP contribution in [0.25, 0.3) is 5.69 Å². The number of nitrogens with two attached hydrogens (primary N) is 1. The van der Waals surface area contributed by atoms with Crippen LogP contribution in [0.2, 0.25) is 0 Å². The number of para-hydroxylation sites is 1. The molecule has 2 heterocycles. The Morgan fingerprint density at radius 2 is 2.00 bits per heavy atom. The molecule has 0 aliphatic heterocycles. The second-order valence-corrected chi connectivity index (χ2v) is 5.17. The number of rotatable bonds is 3. The minimum absolute atomic E-state index is 0.623. The fourth-order valence-electron chi connectivity index (χ4n) is 1.72. The van der Waals surface area contributed by atoms with E-state index in [1.807, 2.05) is 43.3 Å². The molecule has 1 aromatic carbocycles. The van der Waals surface area contributed by atoms with E-state index in [0.717, 1.165) is 11.3 Å². The number of tetrazole rings is 1. The SMILES string of the molecule is Cc1cnc(Sc2nnnn2-c2ccccc2)c(N)c1. The summed E-state index contributed by atoms with van der Waals surface area (Å²) in [5, 5.41) is 13.1. The number of nitrogen functional groups attached to an aromatic ring is 1. The number of hydrogen-bond acceptors (Lipinski definition) is 6. The maximum Gasteiger partial charge on any atom is 0.220 e. The molecule has 2 N–H and O–H groups in total. The molecule has 0 saturated heterocycles. The second kappa shape index (κ2) is 5.30. The van der Waals surface area contributed by atoms with Crippen molar-refractivity contribution in [3.05, 3.63) is 48.2 Å². The van der Waals surface area contributed by atoms with Gasteiger partial charge in [0.2, 0.25) is 5.16 Å². The van der Waals surface area contributed by atoms with Gasteiger partial charge in [-0.25, -0.2) is 4.98 Å². The van der Waals surface area contributed by atoms with Crippen molar-refractivity contribution in [2.24, 2.45) is 0 Å². The van der Waals surface area contributed by atoms with E-state index in [2.05, 4.69) is 20.5 Å². The quantitative estimate of drug-likeness (QED) is 0.793. The van der Waals surface area contributed by atoms with Crippen molar-refractivity contribution in [2.45, 2.75) is 17.1 Å². The lowest BCUT2D eigenvalue weighted by molar-refractivity contribution is 0.756. The molecule has 3 aromatic rings. The molecule has 7 heteroatoms. The Labute approximate surface area is 120 Å². The monoisotopic (exact) mass is 284 g/mol. The Hall–Kier alpha value is -2.41. The summed E-state index contributed by atoms with van der Waals surface area (Å²) in [6.07, 6.45) is 1.77. The molecule has 0 aliphatic carbocycles. The molecule has 0 saturated carbocycles. The topological polar surface area (TPSA) is 82.5 Å². The van der Waals surface area contributed by atoms with Gasteiger partial charge in [0, 0.05) is 6.20 Å². The van der Waals surface area contributed by atoms with E-state index >= 15 is 0 Å². The summed E-state index contributed by atoms with van der Waals surface area (Å²) in [6.45, 7) is 1.95. The largest absolute Gasteiger partial charge is 0.397 e. The average molecular weight is 284 g/mol. The Balaban J connectivity index is 1.95. The summed E-state index contributed by atoms with van der Waals surface area (Å²) in [5.41, 5.74) is 8.51. The lowest BCUT2D eigenvalue weighted by Crippen LogP contribution is -1.99. The van der Waals surface area contributed by atoms with Crippen LogP contribution in [0, 0.1) is 6.92 Å². The predicted molar refractivity (Wildman–Crippen MR) is 76.7 cm³/mol. The molecule has 0 fully saturated rings. The number of aryl methyl sites for hydroxylation is 1. The predicted octanol–water partition coefficient (Wildman–Crippen LogP) is 2.10. The first-order valence-electron chi connectivity index (χ1n) is 5.98. The van der Waals surface area contributed by atoms with Gasteiger partial charge in [0.1, 0.15) is 5.03 Å². The van der Waals surface area contributed by atoms with E-state index in [-0.39, 0.29) is 0 Å². The Bertz CT molecular complexity index is 725. The van der Waals surface area contributed by atoms with Crippen LogP contribution in [0.15, 0.2) is 52.8 Å². The lowest BCUT2D eigenvalue weighted by atomic mass is 10.3. The van der Waals surface area contributed by atoms with Crippen molar-refractivity contribution in [3.63, 3.8) is 0 Å². The summed E-state index contributed by atoms with van der Waals surface area (Å²) >= 11 is 1.34. The van der Waals surface area contributed by atoms with Crippen LogP contribution < -0.4 is 5.73 Å². The second-order valence-electron chi connectivity index (χ2n) is 4.22. The minimum Gasteiger partial charge on any atom is -0.397 e. The van der Waals surface area contributed by atoms with Crippen LogP contribution in [0.4, 0.5) is 5.69 Å². The molecule has 0 spiro atoms. The smallest absolute Gasteiger partial charge is 0.220 e. The van der Waals surface area contributed by atoms with Crippen molar-refractivity contribution in [3.8, 4) is 5.69 Å². The van der Waals surface area contributed by atoms with Gasteiger partial charge < -0.3 is 5.73 Å². The van der Waals surface area contributed by atoms with E-state index in [1.54, 1.807) is 10.9 Å². The molecule has 0 aliphatic rings. The number of hydrogen-bond donors (Lipinski definition) is 1. The zero-order valence-electron chi connectivity index (χ0n) is 10.8. The van der Waals surface area contributed by atoms with Crippen LogP contribution >= 0.6 is 11.8 Å². The number of anilines is 1. The van der Waals surface area contributed by atoms with Crippen molar-refractivity contribution in [1.29, 1.82) is 0 Å². The molecule has 2 aromatic heterocycles. The molecular weight excluding hydrogens is 272 g/mol. The van der Waals surface area contributed by atoms with Crippen LogP contribution in [-0.4, -0.2) is 25.2 Å². The third-order valence-corrected chi connectivity index (χ3v) is 3.62. The third kappa shape index (κ3) is 2.48. The molecule has 6 nitrogen and oxygen atoms in total. The molecular formula is C13H12N6S. The molecule has 0 amide bonds. The molecule has 0 atom stereocenters. The summed E-state index contributed by atoms with van der Waals surface area (Å²) in [6, 6.07) is 11.6. The fraction of sp³-hybridized carbons (Fsp3) is 0.0769. The molecule has 0 bridgehead atoms. The zero-order chi connectivity index (χ0) is 13.9. The van der Waals surface area contributed by atoms with Gasteiger partial charge in [0.25, 0.3) is 0 Å². The first kappa shape index (κ1) is 12.6. The summed E-state index contributed by atoms with van der Waals surface area (Å²) in [4.78, 5) is 4.32. The fourth-order valence-corrected chi connectivity index (χ4v) is 2.49. The van der Waals surface area contributed by atoms with Crippen LogP contribution in [0.3, 0.4) is 0 Å². The van der Waals surface area contributed by atoms with Crippen molar-refractivity contribution >= 4 is 17.4 Å². The Kier molecular flexibility index (Phi) is 3.34. The summed E-state index contributed by atoms with van der Waals surface area (Å²) in [5.74, 6) is 0. The summed E-state index contributed by atoms with van der Waals surface area (Å²) < 4.78 is 1.66. The van der Waals surface area contributed by atoms with E-state index in [9.17, 15) is 0 Å². The van der Waals surface area contributed by atoms with E-state index < -0.39 is 0 Å². The number of pyridine rings is 1. The maximum atomic E-state index is 5.97. The number of nitrogens with zero attached hydrogens (tertiary/aromatic N) is 5. The Morgan fingerprint density at radius 3 is 2.75 bits per heavy atom. The van der Waals surface area contributed by atoms with Crippen molar-refractivity contribution < 1.29 is 0 Å².